The number of amides is 5. The number of carbonyl (C=O) groups excluding carboxylic acids is 5. The molecule has 0 radical (unpaired) electrons. The number of hydrogen-bond donors (Lipinski definition) is 8. The fraction of sp³-hybridized carbons (Fsp3) is 0.667. The number of carboxylic acid groups (broad SMARTS) is 1. The Hall–Kier alpha value is -2.91. The van der Waals surface area contributed by atoms with Crippen molar-refractivity contribution in [3.8, 4) is 0 Å². The largest absolute Gasteiger partial charge is 0.480 e. The van der Waals surface area contributed by atoms with E-state index in [1.165, 1.54) is 11.8 Å². The standard InChI is InChI=1S/C18H32N6O8S/c1-33-7-6-9(19)15(28)22-10(2-4-13(20)26)16(29)24-12(8-25)17(30)23-11(18(31)32)3-5-14(21)27/h9-12,25H,2-8,19H2,1H3,(H2,20,26)(H2,21,27)(H,22,28)(H,23,30)(H,24,29)(H,31,32)/t9-,10-,11-,12-/m0/s1. The van der Waals surface area contributed by atoms with Gasteiger partial charge in [-0.05, 0) is 31.3 Å². The molecule has 0 saturated heterocycles. The Labute approximate surface area is 194 Å². The van der Waals surface area contributed by atoms with E-state index in [-0.39, 0.29) is 25.7 Å². The highest BCUT2D eigenvalue weighted by Gasteiger charge is 2.30. The lowest BCUT2D eigenvalue weighted by atomic mass is 10.1. The normalized spacial score (nSPS) is 14.3. The van der Waals surface area contributed by atoms with E-state index in [0.717, 1.165) is 0 Å². The molecule has 0 bridgehead atoms. The lowest BCUT2D eigenvalue weighted by molar-refractivity contribution is -0.143. The SMILES string of the molecule is CSCC[C@H](N)C(=O)N[C@@H](CCC(N)=O)C(=O)N[C@@H](CO)C(=O)N[C@@H](CCC(N)=O)C(=O)O. The van der Waals surface area contributed by atoms with Crippen LogP contribution in [-0.2, 0) is 28.8 Å². The van der Waals surface area contributed by atoms with E-state index in [0.29, 0.717) is 12.2 Å². The van der Waals surface area contributed by atoms with Crippen LogP contribution in [-0.4, -0.2) is 88.5 Å². The summed E-state index contributed by atoms with van der Waals surface area (Å²) in [7, 11) is 0. The van der Waals surface area contributed by atoms with Crippen LogP contribution >= 0.6 is 11.8 Å². The molecule has 0 aliphatic rings. The van der Waals surface area contributed by atoms with E-state index >= 15 is 0 Å². The molecular formula is C18H32N6O8S. The zero-order valence-corrected chi connectivity index (χ0v) is 19.1. The molecule has 5 amide bonds. The summed E-state index contributed by atoms with van der Waals surface area (Å²) in [6, 6.07) is -5.28. The molecule has 0 aliphatic heterocycles. The highest BCUT2D eigenvalue weighted by Crippen LogP contribution is 2.04. The molecule has 0 aromatic rings. The predicted molar refractivity (Wildman–Crippen MR) is 118 cm³/mol. The van der Waals surface area contributed by atoms with E-state index in [1.54, 1.807) is 0 Å². The Morgan fingerprint density at radius 2 is 1.24 bits per heavy atom. The summed E-state index contributed by atoms with van der Waals surface area (Å²) in [6.45, 7) is -0.899. The molecule has 0 saturated carbocycles. The first-order valence-electron chi connectivity index (χ1n) is 9.98. The van der Waals surface area contributed by atoms with Gasteiger partial charge in [0.1, 0.15) is 18.1 Å². The first-order valence-corrected chi connectivity index (χ1v) is 11.4. The average Bonchev–Trinajstić information content (AvgIpc) is 2.74. The second kappa shape index (κ2) is 15.8. The summed E-state index contributed by atoms with van der Waals surface area (Å²) in [4.78, 5) is 70.5. The summed E-state index contributed by atoms with van der Waals surface area (Å²) in [5, 5.41) is 25.3. The number of nitrogens with two attached hydrogens (primary N) is 3. The van der Waals surface area contributed by atoms with Crippen LogP contribution in [0, 0.1) is 0 Å². The van der Waals surface area contributed by atoms with Gasteiger partial charge in [0.05, 0.1) is 12.6 Å². The fourth-order valence-corrected chi connectivity index (χ4v) is 2.98. The summed E-state index contributed by atoms with van der Waals surface area (Å²) >= 11 is 1.47. The predicted octanol–water partition coefficient (Wildman–Crippen LogP) is -3.87. The highest BCUT2D eigenvalue weighted by atomic mass is 32.2. The monoisotopic (exact) mass is 492 g/mol. The number of primary amides is 2. The summed E-state index contributed by atoms with van der Waals surface area (Å²) < 4.78 is 0. The Balaban J connectivity index is 5.26. The molecule has 4 atom stereocenters. The number of aliphatic hydroxyl groups excluding tert-OH is 1. The van der Waals surface area contributed by atoms with Crippen LogP contribution in [0.4, 0.5) is 0 Å². The number of thioether (sulfide) groups is 1. The van der Waals surface area contributed by atoms with E-state index in [1.807, 2.05) is 6.26 Å². The Kier molecular flexibility index (Phi) is 14.4. The van der Waals surface area contributed by atoms with E-state index in [9.17, 15) is 39.0 Å². The number of nitrogens with one attached hydrogen (secondary N) is 3. The molecule has 11 N–H and O–H groups in total. The van der Waals surface area contributed by atoms with Gasteiger partial charge in [-0.15, -0.1) is 0 Å². The molecular weight excluding hydrogens is 460 g/mol. The Morgan fingerprint density at radius 1 is 0.788 bits per heavy atom. The molecule has 0 heterocycles. The lowest BCUT2D eigenvalue weighted by Crippen LogP contribution is -2.58. The van der Waals surface area contributed by atoms with Gasteiger partial charge in [0.25, 0.3) is 0 Å². The molecule has 0 aromatic heterocycles. The topological polar surface area (TPSA) is 257 Å². The van der Waals surface area contributed by atoms with Crippen molar-refractivity contribution in [3.63, 3.8) is 0 Å². The van der Waals surface area contributed by atoms with Crippen molar-refractivity contribution < 1.29 is 39.0 Å². The molecule has 14 nitrogen and oxygen atoms in total. The Morgan fingerprint density at radius 3 is 1.70 bits per heavy atom. The van der Waals surface area contributed by atoms with Crippen LogP contribution in [0.1, 0.15) is 32.1 Å². The van der Waals surface area contributed by atoms with Crippen molar-refractivity contribution in [1.82, 2.24) is 16.0 Å². The summed E-state index contributed by atoms with van der Waals surface area (Å²) in [5.74, 6) is -4.97. The third-order valence-electron chi connectivity index (χ3n) is 4.39. The van der Waals surface area contributed by atoms with Crippen molar-refractivity contribution in [2.75, 3.05) is 18.6 Å². The molecule has 188 valence electrons. The minimum atomic E-state index is -1.58. The number of rotatable bonds is 17. The van der Waals surface area contributed by atoms with E-state index in [2.05, 4.69) is 16.0 Å². The third kappa shape index (κ3) is 12.6. The molecule has 0 unspecified atom stereocenters. The van der Waals surface area contributed by atoms with E-state index < -0.39 is 66.3 Å². The van der Waals surface area contributed by atoms with Gasteiger partial charge in [0.2, 0.25) is 29.5 Å². The van der Waals surface area contributed by atoms with Gasteiger partial charge in [-0.2, -0.15) is 11.8 Å². The number of aliphatic hydroxyl groups is 1. The zero-order chi connectivity index (χ0) is 25.6. The lowest BCUT2D eigenvalue weighted by Gasteiger charge is -2.24. The molecule has 0 spiro atoms. The molecule has 0 rings (SSSR count). The molecule has 0 aromatic carbocycles. The van der Waals surface area contributed by atoms with Gasteiger partial charge in [0.15, 0.2) is 0 Å². The van der Waals surface area contributed by atoms with Gasteiger partial charge in [-0.3, -0.25) is 24.0 Å². The average molecular weight is 493 g/mol. The van der Waals surface area contributed by atoms with Crippen molar-refractivity contribution in [1.29, 1.82) is 0 Å². The maximum atomic E-state index is 12.6. The van der Waals surface area contributed by atoms with E-state index in [4.69, 9.17) is 17.2 Å². The van der Waals surface area contributed by atoms with Crippen molar-refractivity contribution in [2.45, 2.75) is 56.3 Å². The van der Waals surface area contributed by atoms with Crippen molar-refractivity contribution in [2.24, 2.45) is 17.2 Å². The van der Waals surface area contributed by atoms with Crippen molar-refractivity contribution in [3.05, 3.63) is 0 Å². The second-order valence-corrected chi connectivity index (χ2v) is 8.09. The summed E-state index contributed by atoms with van der Waals surface area (Å²) in [6.07, 6.45) is 1.09. The number of hydrogen-bond acceptors (Lipinski definition) is 9. The quantitative estimate of drug-likeness (QED) is 0.0979. The van der Waals surface area contributed by atoms with Crippen LogP contribution in [0.15, 0.2) is 0 Å². The first-order chi connectivity index (χ1) is 15.4. The van der Waals surface area contributed by atoms with Gasteiger partial charge in [-0.25, -0.2) is 4.79 Å². The highest BCUT2D eigenvalue weighted by molar-refractivity contribution is 7.98. The minimum absolute atomic E-state index is 0.196. The van der Waals surface area contributed by atoms with Crippen LogP contribution in [0.25, 0.3) is 0 Å². The molecule has 33 heavy (non-hydrogen) atoms. The fourth-order valence-electron chi connectivity index (χ4n) is 2.49. The molecule has 15 heteroatoms. The maximum absolute atomic E-state index is 12.6. The smallest absolute Gasteiger partial charge is 0.326 e. The minimum Gasteiger partial charge on any atom is -0.480 e. The maximum Gasteiger partial charge on any atom is 0.326 e. The number of aliphatic carboxylic acids is 1. The first kappa shape index (κ1) is 30.1. The van der Waals surface area contributed by atoms with Crippen molar-refractivity contribution >= 4 is 47.3 Å². The van der Waals surface area contributed by atoms with Gasteiger partial charge < -0.3 is 43.4 Å². The zero-order valence-electron chi connectivity index (χ0n) is 18.2. The third-order valence-corrected chi connectivity index (χ3v) is 5.04. The number of carbonyl (C=O) groups is 6. The number of carboxylic acids is 1. The van der Waals surface area contributed by atoms with Crippen LogP contribution < -0.4 is 33.2 Å². The van der Waals surface area contributed by atoms with Gasteiger partial charge >= 0.3 is 5.97 Å². The van der Waals surface area contributed by atoms with Crippen LogP contribution in [0.3, 0.4) is 0 Å². The molecule has 0 aliphatic carbocycles. The van der Waals surface area contributed by atoms with Crippen LogP contribution in [0.2, 0.25) is 0 Å². The second-order valence-electron chi connectivity index (χ2n) is 7.10. The van der Waals surface area contributed by atoms with Gasteiger partial charge in [0, 0.05) is 12.8 Å². The van der Waals surface area contributed by atoms with Crippen LogP contribution in [0.5, 0.6) is 0 Å². The Bertz CT molecular complexity index is 722. The van der Waals surface area contributed by atoms with Gasteiger partial charge in [-0.1, -0.05) is 0 Å². The summed E-state index contributed by atoms with van der Waals surface area (Å²) in [5.41, 5.74) is 15.9. The molecule has 0 fully saturated rings.